The number of ether oxygens (including phenoxy) is 2. The van der Waals surface area contributed by atoms with Crippen molar-refractivity contribution in [2.45, 2.75) is 71.6 Å². The van der Waals surface area contributed by atoms with Crippen molar-refractivity contribution in [3.8, 4) is 0 Å². The number of carbonyl (C=O) groups excluding carboxylic acids is 3. The number of hydrogen-bond acceptors (Lipinski definition) is 6. The summed E-state index contributed by atoms with van der Waals surface area (Å²) in [6.07, 6.45) is -0.228. The molecule has 0 saturated carbocycles. The number of rotatable bonds is 6. The van der Waals surface area contributed by atoms with Crippen molar-refractivity contribution in [2.24, 2.45) is 0 Å². The molecule has 9 heteroatoms. The summed E-state index contributed by atoms with van der Waals surface area (Å²) in [5.74, 6) is -0.135. The molecule has 3 amide bonds. The molecule has 0 aromatic carbocycles. The first-order valence-electron chi connectivity index (χ1n) is 9.83. The first-order chi connectivity index (χ1) is 12.9. The van der Waals surface area contributed by atoms with Crippen LogP contribution in [0.25, 0.3) is 0 Å². The van der Waals surface area contributed by atoms with Crippen LogP contribution in [-0.4, -0.2) is 73.0 Å². The molecule has 1 heterocycles. The molecule has 162 valence electrons. The maximum atomic E-state index is 12.8. The number of nitrogens with zero attached hydrogens (tertiary/aromatic N) is 1. The van der Waals surface area contributed by atoms with Gasteiger partial charge in [0.25, 0.3) is 0 Å². The SMILES string of the molecule is CC(C)(C)OC(=O)NCCC[C@H](NC(=O)OC(C)(C)C)C(=O)N1CCNCC1. The van der Waals surface area contributed by atoms with Gasteiger partial charge in [0.05, 0.1) is 0 Å². The monoisotopic (exact) mass is 400 g/mol. The highest BCUT2D eigenvalue weighted by Gasteiger charge is 2.28. The van der Waals surface area contributed by atoms with Gasteiger partial charge in [-0.3, -0.25) is 4.79 Å². The number of hydrogen-bond donors (Lipinski definition) is 3. The fraction of sp³-hybridized carbons (Fsp3) is 0.842. The summed E-state index contributed by atoms with van der Waals surface area (Å²) in [5.41, 5.74) is -1.21. The van der Waals surface area contributed by atoms with E-state index in [0.29, 0.717) is 32.5 Å². The van der Waals surface area contributed by atoms with Crippen molar-refractivity contribution in [1.29, 1.82) is 0 Å². The average molecular weight is 401 g/mol. The standard InChI is InChI=1S/C19H36N4O5/c1-18(2,3)27-16(25)21-9-7-8-14(22-17(26)28-19(4,5)6)15(24)23-12-10-20-11-13-23/h14,20H,7-13H2,1-6H3,(H,21,25)(H,22,26)/t14-/m0/s1. The lowest BCUT2D eigenvalue weighted by Gasteiger charge is -2.31. The van der Waals surface area contributed by atoms with Crippen LogP contribution in [0.4, 0.5) is 9.59 Å². The molecule has 0 spiro atoms. The molecule has 1 fully saturated rings. The Kier molecular flexibility index (Phi) is 9.00. The zero-order valence-corrected chi connectivity index (χ0v) is 18.0. The van der Waals surface area contributed by atoms with Gasteiger partial charge in [-0.1, -0.05) is 0 Å². The number of piperazine rings is 1. The molecule has 0 unspecified atom stereocenters. The highest BCUT2D eigenvalue weighted by molar-refractivity contribution is 5.85. The Morgan fingerprint density at radius 3 is 2.04 bits per heavy atom. The van der Waals surface area contributed by atoms with Gasteiger partial charge < -0.3 is 30.3 Å². The third-order valence-corrected chi connectivity index (χ3v) is 3.76. The zero-order valence-electron chi connectivity index (χ0n) is 18.0. The van der Waals surface area contributed by atoms with Crippen LogP contribution in [0.3, 0.4) is 0 Å². The van der Waals surface area contributed by atoms with Crippen LogP contribution in [0.5, 0.6) is 0 Å². The molecule has 1 aliphatic heterocycles. The molecule has 0 aromatic heterocycles. The molecule has 1 atom stereocenters. The lowest BCUT2D eigenvalue weighted by molar-refractivity contribution is -0.134. The normalized spacial score (nSPS) is 16.1. The van der Waals surface area contributed by atoms with E-state index in [-0.39, 0.29) is 5.91 Å². The van der Waals surface area contributed by atoms with E-state index in [0.717, 1.165) is 13.1 Å². The Balaban J connectivity index is 2.58. The van der Waals surface area contributed by atoms with Crippen molar-refractivity contribution in [3.63, 3.8) is 0 Å². The average Bonchev–Trinajstić information content (AvgIpc) is 2.54. The van der Waals surface area contributed by atoms with Crippen molar-refractivity contribution in [1.82, 2.24) is 20.9 Å². The maximum absolute atomic E-state index is 12.8. The van der Waals surface area contributed by atoms with E-state index < -0.39 is 29.4 Å². The quantitative estimate of drug-likeness (QED) is 0.585. The Bertz CT molecular complexity index is 533. The predicted molar refractivity (Wildman–Crippen MR) is 106 cm³/mol. The van der Waals surface area contributed by atoms with E-state index in [9.17, 15) is 14.4 Å². The largest absolute Gasteiger partial charge is 0.444 e. The lowest BCUT2D eigenvalue weighted by Crippen LogP contribution is -2.54. The van der Waals surface area contributed by atoms with Crippen LogP contribution < -0.4 is 16.0 Å². The second-order valence-electron chi connectivity index (χ2n) is 8.84. The van der Waals surface area contributed by atoms with Gasteiger partial charge >= 0.3 is 12.2 Å². The van der Waals surface area contributed by atoms with Gasteiger partial charge in [0.15, 0.2) is 0 Å². The third-order valence-electron chi connectivity index (χ3n) is 3.76. The molecule has 3 N–H and O–H groups in total. The molecular formula is C19H36N4O5. The summed E-state index contributed by atoms with van der Waals surface area (Å²) in [4.78, 5) is 38.4. The minimum Gasteiger partial charge on any atom is -0.444 e. The summed E-state index contributed by atoms with van der Waals surface area (Å²) in [5, 5.41) is 8.54. The van der Waals surface area contributed by atoms with Crippen LogP contribution in [0.15, 0.2) is 0 Å². The Morgan fingerprint density at radius 1 is 0.964 bits per heavy atom. The van der Waals surface area contributed by atoms with Crippen LogP contribution >= 0.6 is 0 Å². The van der Waals surface area contributed by atoms with Crippen molar-refractivity contribution in [3.05, 3.63) is 0 Å². The summed E-state index contributed by atoms with van der Waals surface area (Å²) < 4.78 is 10.5. The van der Waals surface area contributed by atoms with Crippen molar-refractivity contribution >= 4 is 18.1 Å². The first kappa shape index (κ1) is 24.0. The predicted octanol–water partition coefficient (Wildman–Crippen LogP) is 1.62. The minimum atomic E-state index is -0.701. The second kappa shape index (κ2) is 10.5. The van der Waals surface area contributed by atoms with E-state index in [1.165, 1.54) is 0 Å². The number of amides is 3. The molecule has 1 rings (SSSR count). The fourth-order valence-electron chi connectivity index (χ4n) is 2.62. The van der Waals surface area contributed by atoms with Gasteiger partial charge in [0, 0.05) is 32.7 Å². The molecule has 0 bridgehead atoms. The molecule has 9 nitrogen and oxygen atoms in total. The van der Waals surface area contributed by atoms with E-state index >= 15 is 0 Å². The van der Waals surface area contributed by atoms with Gasteiger partial charge in [-0.25, -0.2) is 9.59 Å². The Labute approximate surface area is 167 Å². The first-order valence-corrected chi connectivity index (χ1v) is 9.83. The van der Waals surface area contributed by atoms with Gasteiger partial charge in [-0.2, -0.15) is 0 Å². The van der Waals surface area contributed by atoms with Crippen LogP contribution in [0.1, 0.15) is 54.4 Å². The zero-order chi connectivity index (χ0) is 21.4. The molecular weight excluding hydrogens is 364 g/mol. The summed E-state index contributed by atoms with van der Waals surface area (Å²) in [7, 11) is 0. The Morgan fingerprint density at radius 2 is 1.50 bits per heavy atom. The van der Waals surface area contributed by atoms with Gasteiger partial charge in [0.2, 0.25) is 5.91 Å². The molecule has 0 aliphatic carbocycles. The summed E-state index contributed by atoms with van der Waals surface area (Å²) in [6.45, 7) is 13.7. The molecule has 0 radical (unpaired) electrons. The minimum absolute atomic E-state index is 0.135. The summed E-state index contributed by atoms with van der Waals surface area (Å²) in [6, 6.07) is -0.701. The van der Waals surface area contributed by atoms with Crippen molar-refractivity contribution in [2.75, 3.05) is 32.7 Å². The van der Waals surface area contributed by atoms with Gasteiger partial charge in [0.1, 0.15) is 17.2 Å². The topological polar surface area (TPSA) is 109 Å². The second-order valence-corrected chi connectivity index (χ2v) is 8.84. The van der Waals surface area contributed by atoms with Crippen LogP contribution in [0, 0.1) is 0 Å². The van der Waals surface area contributed by atoms with E-state index in [1.807, 2.05) is 0 Å². The third kappa shape index (κ3) is 10.3. The van der Waals surface area contributed by atoms with E-state index in [4.69, 9.17) is 9.47 Å². The van der Waals surface area contributed by atoms with E-state index in [1.54, 1.807) is 46.4 Å². The van der Waals surface area contributed by atoms with E-state index in [2.05, 4.69) is 16.0 Å². The highest BCUT2D eigenvalue weighted by Crippen LogP contribution is 2.10. The molecule has 1 saturated heterocycles. The fourth-order valence-corrected chi connectivity index (χ4v) is 2.62. The van der Waals surface area contributed by atoms with Crippen LogP contribution in [0.2, 0.25) is 0 Å². The number of alkyl carbamates (subject to hydrolysis) is 2. The molecule has 1 aliphatic rings. The molecule has 28 heavy (non-hydrogen) atoms. The van der Waals surface area contributed by atoms with Crippen molar-refractivity contribution < 1.29 is 23.9 Å². The summed E-state index contributed by atoms with van der Waals surface area (Å²) >= 11 is 0. The Hall–Kier alpha value is -2.03. The highest BCUT2D eigenvalue weighted by atomic mass is 16.6. The number of nitrogens with one attached hydrogen (secondary N) is 3. The maximum Gasteiger partial charge on any atom is 0.408 e. The number of carbonyl (C=O) groups is 3. The van der Waals surface area contributed by atoms with Crippen LogP contribution in [-0.2, 0) is 14.3 Å². The smallest absolute Gasteiger partial charge is 0.408 e. The van der Waals surface area contributed by atoms with Gasteiger partial charge in [-0.15, -0.1) is 0 Å². The molecule has 0 aromatic rings. The van der Waals surface area contributed by atoms with Gasteiger partial charge in [-0.05, 0) is 54.4 Å². The lowest BCUT2D eigenvalue weighted by atomic mass is 10.1.